The molecule has 4 heteroatoms. The van der Waals surface area contributed by atoms with Gasteiger partial charge in [0.25, 0.3) is 0 Å². The van der Waals surface area contributed by atoms with E-state index < -0.39 is 6.04 Å². The second-order valence-electron chi connectivity index (χ2n) is 4.06. The number of carbonyl (C=O) groups is 2. The minimum Gasteiger partial charge on any atom is -0.464 e. The van der Waals surface area contributed by atoms with Gasteiger partial charge in [0.05, 0.1) is 6.61 Å². The fraction of sp³-hybridized carbons (Fsp3) is 0.385. The number of ether oxygens (including phenoxy) is 1. The van der Waals surface area contributed by atoms with E-state index in [4.69, 9.17) is 4.74 Å². The van der Waals surface area contributed by atoms with E-state index in [-0.39, 0.29) is 11.9 Å². The lowest BCUT2D eigenvalue weighted by atomic mass is 10.1. The zero-order valence-corrected chi connectivity index (χ0v) is 9.52. The van der Waals surface area contributed by atoms with E-state index in [1.807, 2.05) is 30.3 Å². The minimum atomic E-state index is -0.446. The molecule has 1 N–H and O–H groups in total. The van der Waals surface area contributed by atoms with Crippen molar-refractivity contribution in [2.45, 2.75) is 25.3 Å². The number of benzene rings is 1. The Bertz CT molecular complexity index is 402. The maximum absolute atomic E-state index is 11.6. The topological polar surface area (TPSA) is 55.4 Å². The molecule has 1 atom stereocenters. The van der Waals surface area contributed by atoms with E-state index >= 15 is 0 Å². The van der Waals surface area contributed by atoms with Gasteiger partial charge in [-0.25, -0.2) is 4.79 Å². The first kappa shape index (κ1) is 11.6. The molecule has 1 aliphatic rings. The van der Waals surface area contributed by atoms with E-state index in [1.165, 1.54) is 0 Å². The Kier molecular flexibility index (Phi) is 3.75. The average Bonchev–Trinajstić information content (AvgIpc) is 2.74. The zero-order chi connectivity index (χ0) is 12.1. The quantitative estimate of drug-likeness (QED) is 0.791. The van der Waals surface area contributed by atoms with Gasteiger partial charge in [-0.1, -0.05) is 30.3 Å². The van der Waals surface area contributed by atoms with Gasteiger partial charge in [-0.05, 0) is 12.0 Å². The number of carbonyl (C=O) groups excluding carboxylic acids is 2. The molecule has 1 saturated heterocycles. The highest BCUT2D eigenvalue weighted by Gasteiger charge is 2.27. The normalized spacial score (nSPS) is 18.8. The monoisotopic (exact) mass is 233 g/mol. The van der Waals surface area contributed by atoms with Crippen LogP contribution in [-0.4, -0.2) is 24.5 Å². The number of aryl methyl sites for hydroxylation is 1. The second kappa shape index (κ2) is 5.48. The first-order valence-electron chi connectivity index (χ1n) is 5.75. The van der Waals surface area contributed by atoms with Crippen LogP contribution in [0.5, 0.6) is 0 Å². The fourth-order valence-electron chi connectivity index (χ4n) is 1.80. The van der Waals surface area contributed by atoms with Crippen LogP contribution in [0.1, 0.15) is 18.4 Å². The van der Waals surface area contributed by atoms with E-state index in [0.29, 0.717) is 25.9 Å². The number of hydrogen-bond acceptors (Lipinski definition) is 3. The molecule has 1 fully saturated rings. The molecule has 0 aliphatic carbocycles. The Morgan fingerprint density at radius 3 is 2.76 bits per heavy atom. The summed E-state index contributed by atoms with van der Waals surface area (Å²) >= 11 is 0. The number of hydrogen-bond donors (Lipinski definition) is 1. The van der Waals surface area contributed by atoms with E-state index in [2.05, 4.69) is 5.32 Å². The summed E-state index contributed by atoms with van der Waals surface area (Å²) in [7, 11) is 0. The summed E-state index contributed by atoms with van der Waals surface area (Å²) < 4.78 is 4.78. The molecule has 0 spiro atoms. The molecule has 4 nitrogen and oxygen atoms in total. The summed E-state index contributed by atoms with van der Waals surface area (Å²) in [6, 6.07) is 9.36. The molecule has 17 heavy (non-hydrogen) atoms. The average molecular weight is 233 g/mol. The number of rotatable bonds is 4. The Morgan fingerprint density at radius 2 is 2.12 bits per heavy atom. The molecule has 1 aromatic rings. The van der Waals surface area contributed by atoms with Gasteiger partial charge >= 0.3 is 5.97 Å². The predicted molar refractivity (Wildman–Crippen MR) is 62.3 cm³/mol. The number of nitrogens with one attached hydrogen (secondary N) is 1. The van der Waals surface area contributed by atoms with Crippen LogP contribution in [0.15, 0.2) is 30.3 Å². The first-order chi connectivity index (χ1) is 8.25. The highest BCUT2D eigenvalue weighted by Crippen LogP contribution is 2.07. The van der Waals surface area contributed by atoms with E-state index in [9.17, 15) is 9.59 Å². The van der Waals surface area contributed by atoms with Crippen molar-refractivity contribution in [1.82, 2.24) is 5.32 Å². The first-order valence-corrected chi connectivity index (χ1v) is 5.75. The van der Waals surface area contributed by atoms with Crippen molar-refractivity contribution in [3.63, 3.8) is 0 Å². The highest BCUT2D eigenvalue weighted by molar-refractivity contribution is 5.85. The van der Waals surface area contributed by atoms with Gasteiger partial charge in [0.2, 0.25) is 5.91 Å². The summed E-state index contributed by atoms with van der Waals surface area (Å²) in [5.41, 5.74) is 1.12. The molecule has 0 saturated carbocycles. The number of esters is 1. The van der Waals surface area contributed by atoms with Gasteiger partial charge in [-0.3, -0.25) is 4.79 Å². The third-order valence-electron chi connectivity index (χ3n) is 2.75. The molecule has 0 radical (unpaired) electrons. The Balaban J connectivity index is 1.76. The van der Waals surface area contributed by atoms with Crippen LogP contribution in [0.2, 0.25) is 0 Å². The minimum absolute atomic E-state index is 0.0993. The lowest BCUT2D eigenvalue weighted by Crippen LogP contribution is -2.37. The summed E-state index contributed by atoms with van der Waals surface area (Å²) in [6.45, 7) is 0.405. The van der Waals surface area contributed by atoms with Crippen molar-refractivity contribution in [3.05, 3.63) is 35.9 Å². The Morgan fingerprint density at radius 1 is 1.35 bits per heavy atom. The summed E-state index contributed by atoms with van der Waals surface area (Å²) in [4.78, 5) is 22.7. The van der Waals surface area contributed by atoms with Crippen molar-refractivity contribution in [2.75, 3.05) is 6.61 Å². The van der Waals surface area contributed by atoms with Crippen LogP contribution >= 0.6 is 0 Å². The third kappa shape index (κ3) is 3.31. The van der Waals surface area contributed by atoms with Crippen LogP contribution in [-0.2, 0) is 20.7 Å². The third-order valence-corrected chi connectivity index (χ3v) is 2.75. The molecule has 1 heterocycles. The van der Waals surface area contributed by atoms with Crippen LogP contribution < -0.4 is 5.32 Å². The van der Waals surface area contributed by atoms with Crippen molar-refractivity contribution >= 4 is 11.9 Å². The van der Waals surface area contributed by atoms with Crippen molar-refractivity contribution < 1.29 is 14.3 Å². The van der Waals surface area contributed by atoms with E-state index in [0.717, 1.165) is 5.56 Å². The SMILES string of the molecule is O=C(CCc1ccccc1)NC1CCOC1=O. The van der Waals surface area contributed by atoms with Crippen LogP contribution in [0.3, 0.4) is 0 Å². The largest absolute Gasteiger partial charge is 0.464 e. The lowest BCUT2D eigenvalue weighted by Gasteiger charge is -2.08. The fourth-order valence-corrected chi connectivity index (χ4v) is 1.80. The lowest BCUT2D eigenvalue weighted by molar-refractivity contribution is -0.141. The van der Waals surface area contributed by atoms with Crippen molar-refractivity contribution in [3.8, 4) is 0 Å². The number of amides is 1. The molecule has 90 valence electrons. The summed E-state index contributed by atoms with van der Waals surface area (Å²) in [5.74, 6) is -0.421. The van der Waals surface area contributed by atoms with Gasteiger partial charge in [0.1, 0.15) is 6.04 Å². The van der Waals surface area contributed by atoms with Gasteiger partial charge < -0.3 is 10.1 Å². The summed E-state index contributed by atoms with van der Waals surface area (Å²) in [6.07, 6.45) is 1.66. The number of cyclic esters (lactones) is 1. The maximum atomic E-state index is 11.6. The Labute approximate surface area is 100.0 Å². The van der Waals surface area contributed by atoms with Crippen LogP contribution in [0.25, 0.3) is 0 Å². The predicted octanol–water partition coefficient (Wildman–Crippen LogP) is 1.05. The van der Waals surface area contributed by atoms with Gasteiger partial charge in [0, 0.05) is 12.8 Å². The van der Waals surface area contributed by atoms with Crippen LogP contribution in [0.4, 0.5) is 0 Å². The van der Waals surface area contributed by atoms with Crippen LogP contribution in [0, 0.1) is 0 Å². The smallest absolute Gasteiger partial charge is 0.328 e. The molecule has 2 rings (SSSR count). The maximum Gasteiger partial charge on any atom is 0.328 e. The molecular weight excluding hydrogens is 218 g/mol. The standard InChI is InChI=1S/C13H15NO3/c15-12(14-11-8-9-17-13(11)16)7-6-10-4-2-1-3-5-10/h1-5,11H,6-9H2,(H,14,15). The molecule has 1 amide bonds. The molecule has 1 aromatic carbocycles. The van der Waals surface area contributed by atoms with Gasteiger partial charge in [-0.2, -0.15) is 0 Å². The van der Waals surface area contributed by atoms with Crippen molar-refractivity contribution in [2.24, 2.45) is 0 Å². The van der Waals surface area contributed by atoms with E-state index in [1.54, 1.807) is 0 Å². The summed E-state index contributed by atoms with van der Waals surface area (Å²) in [5, 5.41) is 2.69. The molecule has 1 aliphatic heterocycles. The second-order valence-corrected chi connectivity index (χ2v) is 4.06. The Hall–Kier alpha value is -1.84. The van der Waals surface area contributed by atoms with Gasteiger partial charge in [-0.15, -0.1) is 0 Å². The molecule has 0 bridgehead atoms. The van der Waals surface area contributed by atoms with Crippen molar-refractivity contribution in [1.29, 1.82) is 0 Å². The molecular formula is C13H15NO3. The zero-order valence-electron chi connectivity index (χ0n) is 9.52. The van der Waals surface area contributed by atoms with Gasteiger partial charge in [0.15, 0.2) is 0 Å². The molecule has 0 aromatic heterocycles. The highest BCUT2D eigenvalue weighted by atomic mass is 16.5. The molecule has 1 unspecified atom stereocenters.